The molecule has 0 amide bonds. The number of carboxylic acids is 1. The van der Waals surface area contributed by atoms with Crippen molar-refractivity contribution in [1.82, 2.24) is 4.98 Å². The van der Waals surface area contributed by atoms with Crippen LogP contribution in [-0.2, 0) is 4.74 Å². The van der Waals surface area contributed by atoms with E-state index in [2.05, 4.69) is 9.72 Å². The van der Waals surface area contributed by atoms with Crippen molar-refractivity contribution in [2.75, 3.05) is 7.11 Å². The molecule has 6 heteroatoms. The highest BCUT2D eigenvalue weighted by Crippen LogP contribution is 2.19. The van der Waals surface area contributed by atoms with Crippen LogP contribution in [0.4, 0.5) is 0 Å². The largest absolute Gasteiger partial charge is 0.506 e. The number of aromatic carboxylic acids is 1. The third-order valence-electron chi connectivity index (χ3n) is 1.80. The zero-order chi connectivity index (χ0) is 11.6. The number of hydrogen-bond acceptors (Lipinski definition) is 5. The van der Waals surface area contributed by atoms with Gasteiger partial charge in [0.25, 0.3) is 0 Å². The lowest BCUT2D eigenvalue weighted by Crippen LogP contribution is -2.13. The zero-order valence-corrected chi connectivity index (χ0v) is 8.14. The number of ether oxygens (including phenoxy) is 1. The average molecular weight is 211 g/mol. The Balaban J connectivity index is 3.41. The maximum Gasteiger partial charge on any atom is 0.357 e. The van der Waals surface area contributed by atoms with Crippen molar-refractivity contribution in [2.45, 2.75) is 6.92 Å². The first kappa shape index (κ1) is 11.0. The first-order chi connectivity index (χ1) is 6.97. The Bertz CT molecular complexity index is 427. The summed E-state index contributed by atoms with van der Waals surface area (Å²) in [5, 5.41) is 18.0. The SMILES string of the molecule is COC(=O)c1nc(C)c(O)cc1C(=O)O. The van der Waals surface area contributed by atoms with Gasteiger partial charge in [0.15, 0.2) is 5.69 Å². The summed E-state index contributed by atoms with van der Waals surface area (Å²) in [6, 6.07) is 0.969. The van der Waals surface area contributed by atoms with Crippen molar-refractivity contribution in [2.24, 2.45) is 0 Å². The van der Waals surface area contributed by atoms with Crippen LogP contribution < -0.4 is 0 Å². The van der Waals surface area contributed by atoms with Gasteiger partial charge in [0.05, 0.1) is 18.4 Å². The van der Waals surface area contributed by atoms with Crippen LogP contribution in [0.5, 0.6) is 5.75 Å². The number of aryl methyl sites for hydroxylation is 1. The van der Waals surface area contributed by atoms with Crippen LogP contribution in [0.3, 0.4) is 0 Å². The lowest BCUT2D eigenvalue weighted by molar-refractivity contribution is 0.0575. The van der Waals surface area contributed by atoms with Gasteiger partial charge in [-0.15, -0.1) is 0 Å². The Labute approximate surface area is 85.1 Å². The van der Waals surface area contributed by atoms with Crippen molar-refractivity contribution < 1.29 is 24.5 Å². The molecule has 0 spiro atoms. The summed E-state index contributed by atoms with van der Waals surface area (Å²) in [7, 11) is 1.12. The number of carboxylic acid groups (broad SMARTS) is 1. The molecule has 1 rings (SSSR count). The third-order valence-corrected chi connectivity index (χ3v) is 1.80. The molecular formula is C9H9NO5. The number of pyridine rings is 1. The minimum atomic E-state index is -1.35. The highest BCUT2D eigenvalue weighted by atomic mass is 16.5. The lowest BCUT2D eigenvalue weighted by atomic mass is 10.1. The molecule has 80 valence electrons. The van der Waals surface area contributed by atoms with Crippen molar-refractivity contribution in [3.05, 3.63) is 23.0 Å². The van der Waals surface area contributed by atoms with Crippen LogP contribution in [0.2, 0.25) is 0 Å². The number of esters is 1. The molecule has 2 N–H and O–H groups in total. The summed E-state index contributed by atoms with van der Waals surface area (Å²) in [6.07, 6.45) is 0. The molecule has 15 heavy (non-hydrogen) atoms. The molecule has 0 atom stereocenters. The fourth-order valence-electron chi connectivity index (χ4n) is 1.01. The van der Waals surface area contributed by atoms with Gasteiger partial charge in [-0.1, -0.05) is 0 Å². The van der Waals surface area contributed by atoms with Crippen LogP contribution >= 0.6 is 0 Å². The molecule has 0 unspecified atom stereocenters. The molecule has 6 nitrogen and oxygen atoms in total. The monoisotopic (exact) mass is 211 g/mol. The number of aromatic nitrogens is 1. The third kappa shape index (κ3) is 2.04. The second kappa shape index (κ2) is 3.95. The summed E-state index contributed by atoms with van der Waals surface area (Å²) in [4.78, 5) is 25.6. The Hall–Kier alpha value is -2.11. The first-order valence-corrected chi connectivity index (χ1v) is 3.99. The summed E-state index contributed by atoms with van der Waals surface area (Å²) in [5.41, 5.74) is -0.536. The van der Waals surface area contributed by atoms with Crippen molar-refractivity contribution in [3.63, 3.8) is 0 Å². The fourth-order valence-corrected chi connectivity index (χ4v) is 1.01. The predicted octanol–water partition coefficient (Wildman–Crippen LogP) is 0.580. The summed E-state index contributed by atoms with van der Waals surface area (Å²) in [6.45, 7) is 1.45. The van der Waals surface area contributed by atoms with Gasteiger partial charge >= 0.3 is 11.9 Å². The Kier molecular flexibility index (Phi) is 2.89. The van der Waals surface area contributed by atoms with Crippen LogP contribution in [0.15, 0.2) is 6.07 Å². The summed E-state index contributed by atoms with van der Waals surface area (Å²) >= 11 is 0. The van der Waals surface area contributed by atoms with Gasteiger partial charge in [0.2, 0.25) is 0 Å². The lowest BCUT2D eigenvalue weighted by Gasteiger charge is -2.05. The molecule has 1 heterocycles. The van der Waals surface area contributed by atoms with Gasteiger partial charge in [-0.05, 0) is 13.0 Å². The number of carbonyl (C=O) groups excluding carboxylic acids is 1. The quantitative estimate of drug-likeness (QED) is 0.694. The second-order valence-corrected chi connectivity index (χ2v) is 2.79. The molecule has 0 aliphatic carbocycles. The molecule has 1 aromatic heterocycles. The van der Waals surface area contributed by atoms with Gasteiger partial charge in [0.1, 0.15) is 5.75 Å². The van der Waals surface area contributed by atoms with Crippen molar-refractivity contribution in [1.29, 1.82) is 0 Å². The minimum absolute atomic E-state index is 0.167. The number of aromatic hydroxyl groups is 1. The molecule has 0 fully saturated rings. The Morgan fingerprint density at radius 1 is 1.47 bits per heavy atom. The Morgan fingerprint density at radius 3 is 2.53 bits per heavy atom. The van der Waals surface area contributed by atoms with Crippen molar-refractivity contribution in [3.8, 4) is 5.75 Å². The highest BCUT2D eigenvalue weighted by molar-refractivity contribution is 6.01. The molecule has 0 radical (unpaired) electrons. The fraction of sp³-hybridized carbons (Fsp3) is 0.222. The standard InChI is InChI=1S/C9H9NO5/c1-4-6(11)3-5(8(12)13)7(10-4)9(14)15-2/h3,11H,1-2H3,(H,12,13). The zero-order valence-electron chi connectivity index (χ0n) is 8.14. The maximum atomic E-state index is 11.2. The van der Waals surface area contributed by atoms with E-state index in [1.54, 1.807) is 0 Å². The van der Waals surface area contributed by atoms with E-state index in [4.69, 9.17) is 5.11 Å². The molecule has 0 saturated heterocycles. The number of hydrogen-bond donors (Lipinski definition) is 2. The molecule has 0 aromatic carbocycles. The van der Waals surface area contributed by atoms with E-state index in [0.29, 0.717) is 0 Å². The number of rotatable bonds is 2. The predicted molar refractivity (Wildman–Crippen MR) is 48.9 cm³/mol. The van der Waals surface area contributed by atoms with Gasteiger partial charge < -0.3 is 14.9 Å². The van der Waals surface area contributed by atoms with Gasteiger partial charge in [0, 0.05) is 0 Å². The van der Waals surface area contributed by atoms with E-state index >= 15 is 0 Å². The van der Waals surface area contributed by atoms with Crippen LogP contribution in [0, 0.1) is 6.92 Å². The van der Waals surface area contributed by atoms with Gasteiger partial charge in [-0.2, -0.15) is 0 Å². The average Bonchev–Trinajstić information content (AvgIpc) is 2.20. The number of methoxy groups -OCH3 is 1. The minimum Gasteiger partial charge on any atom is -0.506 e. The number of nitrogens with zero attached hydrogens (tertiary/aromatic N) is 1. The van der Waals surface area contributed by atoms with E-state index in [0.717, 1.165) is 13.2 Å². The van der Waals surface area contributed by atoms with Gasteiger partial charge in [-0.25, -0.2) is 14.6 Å². The van der Waals surface area contributed by atoms with Crippen LogP contribution in [-0.4, -0.2) is 34.2 Å². The van der Waals surface area contributed by atoms with Crippen LogP contribution in [0.25, 0.3) is 0 Å². The maximum absolute atomic E-state index is 11.2. The first-order valence-electron chi connectivity index (χ1n) is 3.99. The normalized spacial score (nSPS) is 9.73. The topological polar surface area (TPSA) is 96.7 Å². The van der Waals surface area contributed by atoms with E-state index in [1.807, 2.05) is 0 Å². The molecule has 0 aliphatic rings. The number of carbonyl (C=O) groups is 2. The second-order valence-electron chi connectivity index (χ2n) is 2.79. The van der Waals surface area contributed by atoms with Crippen LogP contribution in [0.1, 0.15) is 26.5 Å². The van der Waals surface area contributed by atoms with Gasteiger partial charge in [-0.3, -0.25) is 0 Å². The highest BCUT2D eigenvalue weighted by Gasteiger charge is 2.20. The molecule has 0 aliphatic heterocycles. The van der Waals surface area contributed by atoms with E-state index < -0.39 is 11.9 Å². The molecule has 1 aromatic rings. The molecule has 0 bridgehead atoms. The molecular weight excluding hydrogens is 202 g/mol. The van der Waals surface area contributed by atoms with E-state index in [-0.39, 0.29) is 22.7 Å². The smallest absolute Gasteiger partial charge is 0.357 e. The summed E-state index contributed by atoms with van der Waals surface area (Å²) < 4.78 is 4.38. The Morgan fingerprint density at radius 2 is 2.07 bits per heavy atom. The van der Waals surface area contributed by atoms with E-state index in [1.165, 1.54) is 6.92 Å². The molecule has 0 saturated carbocycles. The van der Waals surface area contributed by atoms with Crippen molar-refractivity contribution >= 4 is 11.9 Å². The van der Waals surface area contributed by atoms with E-state index in [9.17, 15) is 14.7 Å². The summed E-state index contributed by atoms with van der Waals surface area (Å²) in [5.74, 6) is -2.48.